The molecule has 4 aliphatic rings. The fourth-order valence-corrected chi connectivity index (χ4v) is 18.1. The molecule has 464 valence electrons. The van der Waals surface area contributed by atoms with E-state index in [2.05, 4.69) is 307 Å². The third kappa shape index (κ3) is 9.17. The summed E-state index contributed by atoms with van der Waals surface area (Å²) in [6, 6.07) is 96.8. The molecule has 12 aromatic carbocycles. The lowest BCUT2D eigenvalue weighted by Gasteiger charge is -2.35. The van der Waals surface area contributed by atoms with E-state index in [-0.39, 0.29) is 10.8 Å². The molecule has 0 N–H and O–H groups in total. The number of fused-ring (bicyclic) bond motifs is 17. The minimum atomic E-state index is -0.457. The Morgan fingerprint density at radius 2 is 0.638 bits per heavy atom. The van der Waals surface area contributed by atoms with Gasteiger partial charge in [-0.2, -0.15) is 0 Å². The topological polar surface area (TPSA) is 6.48 Å². The van der Waals surface area contributed by atoms with Crippen LogP contribution in [0.1, 0.15) is 166 Å². The molecule has 0 amide bonds. The molecule has 16 rings (SSSR count). The van der Waals surface area contributed by atoms with Crippen molar-refractivity contribution >= 4 is 44.9 Å². The van der Waals surface area contributed by atoms with Crippen molar-refractivity contribution in [2.75, 3.05) is 9.80 Å². The van der Waals surface area contributed by atoms with E-state index in [0.29, 0.717) is 0 Å². The van der Waals surface area contributed by atoms with Crippen LogP contribution >= 0.6 is 0 Å². The van der Waals surface area contributed by atoms with E-state index < -0.39 is 5.41 Å². The lowest BCUT2D eigenvalue weighted by Crippen LogP contribution is -2.26. The van der Waals surface area contributed by atoms with Gasteiger partial charge in [-0.3, -0.25) is 0 Å². The van der Waals surface area contributed by atoms with Crippen LogP contribution in [-0.4, -0.2) is 0 Å². The Labute approximate surface area is 558 Å². The Morgan fingerprint density at radius 3 is 1.12 bits per heavy atom. The Kier molecular flexibility index (Phi) is 15.1. The monoisotopic (exact) mass is 1220 g/mol. The molecular formula is C92H86N2. The summed E-state index contributed by atoms with van der Waals surface area (Å²) in [4.78, 5) is 5.14. The second-order valence-corrected chi connectivity index (χ2v) is 28.0. The number of unbranched alkanes of at least 4 members (excludes halogenated alkanes) is 4. The molecule has 0 radical (unpaired) electrons. The number of rotatable bonds is 19. The zero-order chi connectivity index (χ0) is 63.9. The third-order valence-electron chi connectivity index (χ3n) is 22.5. The highest BCUT2D eigenvalue weighted by molar-refractivity contribution is 6.01. The summed E-state index contributed by atoms with van der Waals surface area (Å²) in [6.07, 6.45) is 14.1. The summed E-state index contributed by atoms with van der Waals surface area (Å²) in [5, 5.41) is 2.43. The van der Waals surface area contributed by atoms with Gasteiger partial charge in [0.15, 0.2) is 0 Å². The van der Waals surface area contributed by atoms with Gasteiger partial charge in [0, 0.05) is 44.7 Å². The fraction of sp³-hybridized carbons (Fsp3) is 0.239. The zero-order valence-electron chi connectivity index (χ0n) is 56.1. The SMILES string of the molecule is CCCCC1(CCCC)c2cc(C)ccc2-c2ccc(N(c3ccc(-c4ccc(N(c5ccc6c(c5)C5(c7ccccc7-c7ccccc75)c5ccccc5-6)c5cccc6ccccc56)cc4)c(C)c3)c3ccc4c(c3)C(CCCC)(CCCC)c3cc(C)ccc3-4)cc21. The molecule has 0 atom stereocenters. The number of benzene rings is 12. The van der Waals surface area contributed by atoms with Crippen molar-refractivity contribution in [2.45, 2.75) is 142 Å². The van der Waals surface area contributed by atoms with Crippen LogP contribution in [0.2, 0.25) is 0 Å². The van der Waals surface area contributed by atoms with Crippen molar-refractivity contribution in [1.29, 1.82) is 0 Å². The first-order chi connectivity index (χ1) is 46.1. The van der Waals surface area contributed by atoms with Crippen molar-refractivity contribution in [3.05, 3.63) is 310 Å². The second-order valence-electron chi connectivity index (χ2n) is 28.0. The van der Waals surface area contributed by atoms with Gasteiger partial charge in [-0.05, 0) is 224 Å². The highest BCUT2D eigenvalue weighted by Gasteiger charge is 2.52. The van der Waals surface area contributed by atoms with Crippen LogP contribution in [0.25, 0.3) is 66.4 Å². The Balaban J connectivity index is 0.835. The van der Waals surface area contributed by atoms with Gasteiger partial charge in [-0.25, -0.2) is 0 Å². The van der Waals surface area contributed by atoms with Crippen LogP contribution in [-0.2, 0) is 16.2 Å². The average molecular weight is 1220 g/mol. The van der Waals surface area contributed by atoms with Gasteiger partial charge in [0.2, 0.25) is 0 Å². The summed E-state index contributed by atoms with van der Waals surface area (Å²) in [6.45, 7) is 16.4. The highest BCUT2D eigenvalue weighted by Crippen LogP contribution is 2.64. The van der Waals surface area contributed by atoms with Crippen molar-refractivity contribution in [3.63, 3.8) is 0 Å². The van der Waals surface area contributed by atoms with Crippen molar-refractivity contribution in [3.8, 4) is 55.6 Å². The second kappa shape index (κ2) is 23.8. The number of aryl methyl sites for hydroxylation is 3. The molecule has 0 saturated heterocycles. The van der Waals surface area contributed by atoms with Crippen molar-refractivity contribution in [2.24, 2.45) is 0 Å². The normalized spacial score (nSPS) is 14.2. The van der Waals surface area contributed by atoms with Gasteiger partial charge in [0.1, 0.15) is 0 Å². The lowest BCUT2D eigenvalue weighted by molar-refractivity contribution is 0.414. The Morgan fingerprint density at radius 1 is 0.277 bits per heavy atom. The predicted molar refractivity (Wildman–Crippen MR) is 400 cm³/mol. The van der Waals surface area contributed by atoms with E-state index >= 15 is 0 Å². The van der Waals surface area contributed by atoms with Gasteiger partial charge < -0.3 is 9.80 Å². The molecule has 0 unspecified atom stereocenters. The standard InChI is InChI=1S/C92H86N2/c1-8-12-51-90(52-13-9-2)84-55-61(5)35-45-76(84)78-48-42-68(58-86(78)90)93(69-43-49-79-77-46-36-62(6)56-85(77)91(53-14-10-3,54-15-11-4)87(79)59-69)67-41-47-71(63(7)57-67)65-37-39-66(40-38-65)94(89-34-24-26-64-25-16-17-27-72(64)89)70-44-50-80-75-30-20-23-33-83(75)92(88(80)60-70)81-31-21-18-28-73(81)74-29-19-22-32-82(74)92/h16-50,55-60H,8-15,51-54H2,1-7H3. The van der Waals surface area contributed by atoms with Crippen LogP contribution in [0.15, 0.2) is 249 Å². The van der Waals surface area contributed by atoms with Gasteiger partial charge in [-0.15, -0.1) is 0 Å². The smallest absolute Gasteiger partial charge is 0.0726 e. The van der Waals surface area contributed by atoms with E-state index in [1.807, 2.05) is 0 Å². The molecule has 0 aliphatic heterocycles. The molecule has 1 spiro atoms. The molecular weight excluding hydrogens is 1130 g/mol. The number of hydrogen-bond acceptors (Lipinski definition) is 2. The summed E-state index contributed by atoms with van der Waals surface area (Å²) in [5.74, 6) is 0. The summed E-state index contributed by atoms with van der Waals surface area (Å²) >= 11 is 0. The minimum absolute atomic E-state index is 0.0462. The first-order valence-corrected chi connectivity index (χ1v) is 35.4. The van der Waals surface area contributed by atoms with Crippen molar-refractivity contribution < 1.29 is 0 Å². The molecule has 2 nitrogen and oxygen atoms in total. The summed E-state index contributed by atoms with van der Waals surface area (Å²) in [7, 11) is 0. The predicted octanol–water partition coefficient (Wildman–Crippen LogP) is 26.0. The van der Waals surface area contributed by atoms with E-state index in [1.165, 1.54) is 196 Å². The molecule has 4 aliphatic carbocycles. The van der Waals surface area contributed by atoms with Gasteiger partial charge in [-0.1, -0.05) is 272 Å². The number of anilines is 6. The van der Waals surface area contributed by atoms with E-state index in [9.17, 15) is 0 Å². The molecule has 2 heteroatoms. The van der Waals surface area contributed by atoms with E-state index in [4.69, 9.17) is 0 Å². The molecule has 0 saturated carbocycles. The van der Waals surface area contributed by atoms with E-state index in [0.717, 1.165) is 42.7 Å². The van der Waals surface area contributed by atoms with Crippen LogP contribution in [0.5, 0.6) is 0 Å². The van der Waals surface area contributed by atoms with Gasteiger partial charge in [0.05, 0.1) is 11.1 Å². The lowest BCUT2D eigenvalue weighted by atomic mass is 9.70. The molecule has 94 heavy (non-hydrogen) atoms. The number of hydrogen-bond donors (Lipinski definition) is 0. The zero-order valence-corrected chi connectivity index (χ0v) is 56.1. The molecule has 0 aromatic heterocycles. The van der Waals surface area contributed by atoms with Crippen LogP contribution in [0.4, 0.5) is 34.1 Å². The quantitative estimate of drug-likeness (QED) is 0.0796. The molecule has 0 heterocycles. The molecule has 12 aromatic rings. The summed E-state index contributed by atoms with van der Waals surface area (Å²) in [5.41, 5.74) is 35.2. The van der Waals surface area contributed by atoms with Crippen LogP contribution in [0, 0.1) is 20.8 Å². The Hall–Kier alpha value is -9.50. The van der Waals surface area contributed by atoms with Crippen molar-refractivity contribution in [1.82, 2.24) is 0 Å². The maximum atomic E-state index is 2.64. The van der Waals surface area contributed by atoms with E-state index in [1.54, 1.807) is 0 Å². The fourth-order valence-electron chi connectivity index (χ4n) is 18.1. The minimum Gasteiger partial charge on any atom is -0.310 e. The van der Waals surface area contributed by atoms with Gasteiger partial charge >= 0.3 is 0 Å². The first kappa shape index (κ1) is 59.5. The molecule has 0 fully saturated rings. The Bertz CT molecular complexity index is 4710. The van der Waals surface area contributed by atoms with Crippen LogP contribution < -0.4 is 9.80 Å². The maximum Gasteiger partial charge on any atom is 0.0726 e. The number of nitrogens with zero attached hydrogens (tertiary/aromatic N) is 2. The van der Waals surface area contributed by atoms with Crippen LogP contribution in [0.3, 0.4) is 0 Å². The van der Waals surface area contributed by atoms with Gasteiger partial charge in [0.25, 0.3) is 0 Å². The largest absolute Gasteiger partial charge is 0.310 e. The third-order valence-corrected chi connectivity index (χ3v) is 22.5. The first-order valence-electron chi connectivity index (χ1n) is 35.4. The maximum absolute atomic E-state index is 2.64. The highest BCUT2D eigenvalue weighted by atomic mass is 15.1. The summed E-state index contributed by atoms with van der Waals surface area (Å²) < 4.78 is 0. The average Bonchev–Trinajstić information content (AvgIpc) is 1.51. The molecule has 0 bridgehead atoms.